The Hall–Kier alpha value is 0.243. The van der Waals surface area contributed by atoms with E-state index in [1.54, 1.807) is 21.3 Å². The average Bonchev–Trinajstić information content (AvgIpc) is 2.75. The first-order valence-corrected chi connectivity index (χ1v) is 22.8. The summed E-state index contributed by atoms with van der Waals surface area (Å²) in [6.07, 6.45) is 6.96. The maximum absolute atomic E-state index is 6.27. The number of rotatable bonds is 4. The quantitative estimate of drug-likeness (QED) is 0.757. The Morgan fingerprint density at radius 1 is 0.882 bits per heavy atom. The van der Waals surface area contributed by atoms with Crippen LogP contribution in [0, 0.1) is 0 Å². The Morgan fingerprint density at radius 3 is 1.53 bits per heavy atom. The molecule has 0 spiro atoms. The third kappa shape index (κ3) is 1.48. The van der Waals surface area contributed by atoms with Gasteiger partial charge < -0.3 is 0 Å². The molecule has 1 rings (SSSR count). The van der Waals surface area contributed by atoms with Crippen molar-refractivity contribution in [3.63, 3.8) is 0 Å². The monoisotopic (exact) mass is 323 g/mol. The predicted molar refractivity (Wildman–Crippen MR) is 72.2 cm³/mol. The van der Waals surface area contributed by atoms with Crippen LogP contribution in [0.4, 0.5) is 0 Å². The van der Waals surface area contributed by atoms with Gasteiger partial charge in [-0.05, 0) is 0 Å². The fourth-order valence-electron chi connectivity index (χ4n) is 2.24. The summed E-state index contributed by atoms with van der Waals surface area (Å²) in [5.74, 6) is 0. The van der Waals surface area contributed by atoms with Crippen molar-refractivity contribution in [1.82, 2.24) is 0 Å². The molecule has 0 aliphatic heterocycles. The molecule has 0 radical (unpaired) electrons. The van der Waals surface area contributed by atoms with Gasteiger partial charge in [0.15, 0.2) is 0 Å². The van der Waals surface area contributed by atoms with Crippen LogP contribution in [-0.2, 0) is 22.6 Å². The van der Waals surface area contributed by atoms with Crippen molar-refractivity contribution in [2.45, 2.75) is 29.6 Å². The standard InChI is InChI=1S/C5H5.3CH3O.5CH3.Zr/c1-2-4-5-3-1;3*1-2;;;;;;/h1-3H,4H2;3*1H3;5*1H3;/q;3*-1;;;;;;+3. The summed E-state index contributed by atoms with van der Waals surface area (Å²) in [4.78, 5) is 0. The molecule has 0 unspecified atom stereocenters. The Kier molecular flexibility index (Phi) is 1.59. The second-order valence-electron chi connectivity index (χ2n) is 11.8. The van der Waals surface area contributed by atoms with Crippen molar-refractivity contribution in [2.75, 3.05) is 21.3 Å². The zero-order valence-corrected chi connectivity index (χ0v) is 15.1. The summed E-state index contributed by atoms with van der Waals surface area (Å²) in [7, 11) is 5.04. The molecule has 0 aromatic carbocycles. The summed E-state index contributed by atoms with van der Waals surface area (Å²) >= 11 is -6.13. The van der Waals surface area contributed by atoms with Crippen molar-refractivity contribution in [3.8, 4) is 0 Å². The van der Waals surface area contributed by atoms with E-state index in [0.717, 1.165) is 9.70 Å². The zero-order chi connectivity index (χ0) is 13.9. The van der Waals surface area contributed by atoms with Gasteiger partial charge in [-0.1, -0.05) is 0 Å². The molecule has 0 N–H and O–H groups in total. The second-order valence-corrected chi connectivity index (χ2v) is 64.9. The van der Waals surface area contributed by atoms with Crippen LogP contribution in [0.25, 0.3) is 0 Å². The van der Waals surface area contributed by atoms with Crippen LogP contribution in [0.2, 0.25) is 23.2 Å². The van der Waals surface area contributed by atoms with Gasteiger partial charge in [0, 0.05) is 0 Å². The molecule has 0 fully saturated rings. The Bertz CT molecular complexity index is 496. The van der Waals surface area contributed by atoms with Crippen molar-refractivity contribution >= 4 is 0 Å². The molecule has 0 bridgehead atoms. The molecular formula is C13H29O3Zr. The maximum atomic E-state index is 6.27. The minimum atomic E-state index is -6.13. The van der Waals surface area contributed by atoms with Crippen LogP contribution in [0.1, 0.15) is 6.42 Å². The van der Waals surface area contributed by atoms with Gasteiger partial charge in [-0.15, -0.1) is 0 Å². The Labute approximate surface area is 94.7 Å². The molecule has 0 heterocycles. The van der Waals surface area contributed by atoms with Gasteiger partial charge in [0.05, 0.1) is 0 Å². The fourth-order valence-corrected chi connectivity index (χ4v) is 11.6. The van der Waals surface area contributed by atoms with E-state index < -0.39 is 14.2 Å². The third-order valence-corrected chi connectivity index (χ3v) is 36.4. The van der Waals surface area contributed by atoms with Gasteiger partial charge in [0.2, 0.25) is 0 Å². The predicted octanol–water partition coefficient (Wildman–Crippen LogP) is 4.59. The van der Waals surface area contributed by atoms with E-state index in [9.17, 15) is 0 Å². The van der Waals surface area contributed by atoms with Gasteiger partial charge >= 0.3 is 95.0 Å². The summed E-state index contributed by atoms with van der Waals surface area (Å²) in [6, 6.07) is 0. The first-order chi connectivity index (χ1) is 7.00. The molecule has 3 nitrogen and oxygen atoms in total. The summed E-state index contributed by atoms with van der Waals surface area (Å²) in [5, 5.41) is 0. The third-order valence-electron chi connectivity index (χ3n) is 6.64. The van der Waals surface area contributed by atoms with Crippen molar-refractivity contribution in [2.24, 2.45) is 0 Å². The zero-order valence-electron chi connectivity index (χ0n) is 12.7. The van der Waals surface area contributed by atoms with E-state index in [2.05, 4.69) is 12.2 Å². The van der Waals surface area contributed by atoms with Crippen LogP contribution in [0.3, 0.4) is 0 Å². The van der Waals surface area contributed by atoms with E-state index in [4.69, 9.17) is 8.44 Å². The molecule has 0 saturated heterocycles. The minimum absolute atomic E-state index is 0.777. The van der Waals surface area contributed by atoms with Crippen molar-refractivity contribution in [3.05, 3.63) is 21.5 Å². The number of hydrogen-bond acceptors (Lipinski definition) is 3. The van der Waals surface area contributed by atoms with Crippen LogP contribution >= 0.6 is 0 Å². The first-order valence-electron chi connectivity index (χ1n) is 6.30. The van der Waals surface area contributed by atoms with Crippen molar-refractivity contribution in [1.29, 1.82) is 0 Å². The van der Waals surface area contributed by atoms with Crippen LogP contribution in [0.5, 0.6) is 0 Å². The van der Waals surface area contributed by atoms with Crippen LogP contribution in [-0.4, -0.2) is 21.3 Å². The van der Waals surface area contributed by atoms with Crippen molar-refractivity contribution < 1.29 is 22.6 Å². The topological polar surface area (TPSA) is 27.7 Å². The second kappa shape index (κ2) is 1.76. The first kappa shape index (κ1) is 15.3. The van der Waals surface area contributed by atoms with E-state index >= 15 is 0 Å². The SMILES string of the molecule is C[O][Zr]([CH3])([CH3])([CH3])([CH3])([CH3])([O]C)([O]C)[C]1=CC=CC1. The summed E-state index contributed by atoms with van der Waals surface area (Å²) < 4.78 is 30.0. The van der Waals surface area contributed by atoms with Gasteiger partial charge in [-0.2, -0.15) is 0 Å². The van der Waals surface area contributed by atoms with E-state index in [-0.39, 0.29) is 0 Å². The number of allylic oxidation sites excluding steroid dienone is 4. The van der Waals surface area contributed by atoms with Gasteiger partial charge in [-0.25, -0.2) is 0 Å². The molecule has 1 aliphatic carbocycles. The van der Waals surface area contributed by atoms with E-state index in [0.29, 0.717) is 0 Å². The normalized spacial score (nSPS) is 28.9. The Morgan fingerprint density at radius 2 is 1.29 bits per heavy atom. The molecule has 0 amide bonds. The molecule has 17 heavy (non-hydrogen) atoms. The van der Waals surface area contributed by atoms with E-state index in [1.807, 2.05) is 29.2 Å². The van der Waals surface area contributed by atoms with Gasteiger partial charge in [0.25, 0.3) is 0 Å². The average molecular weight is 325 g/mol. The molecule has 4 heteroatoms. The molecule has 0 aromatic heterocycles. The molecule has 0 saturated carbocycles. The molecular weight excluding hydrogens is 295 g/mol. The summed E-state index contributed by atoms with van der Waals surface area (Å²) in [6.45, 7) is 0. The molecule has 103 valence electrons. The molecule has 1 aliphatic rings. The molecule has 0 aromatic rings. The van der Waals surface area contributed by atoms with Crippen LogP contribution in [0.15, 0.2) is 21.5 Å². The Balaban J connectivity index is 4.16. The van der Waals surface area contributed by atoms with E-state index in [1.165, 1.54) is 0 Å². The van der Waals surface area contributed by atoms with Crippen LogP contribution < -0.4 is 0 Å². The van der Waals surface area contributed by atoms with Gasteiger partial charge in [0.1, 0.15) is 0 Å². The summed E-state index contributed by atoms with van der Waals surface area (Å²) in [5.41, 5.74) is 0. The van der Waals surface area contributed by atoms with Gasteiger partial charge in [-0.3, -0.25) is 0 Å². The number of hydrogen-bond donors (Lipinski definition) is 0. The molecule has 0 atom stereocenters. The fraction of sp³-hybridized carbons (Fsp3) is 0.692.